The van der Waals surface area contributed by atoms with Crippen molar-refractivity contribution in [3.8, 4) is 11.6 Å². The third-order valence-corrected chi connectivity index (χ3v) is 4.19. The molecule has 0 aliphatic carbocycles. The zero-order chi connectivity index (χ0) is 15.0. The minimum atomic E-state index is 0.0284. The van der Waals surface area contributed by atoms with Crippen molar-refractivity contribution in [3.05, 3.63) is 46.1 Å². The zero-order valence-electron chi connectivity index (χ0n) is 11.8. The molecule has 3 aromatic rings. The van der Waals surface area contributed by atoms with Crippen LogP contribution in [0.4, 0.5) is 0 Å². The maximum absolute atomic E-state index is 6.23. The number of fused-ring (bicyclic) bond motifs is 1. The van der Waals surface area contributed by atoms with E-state index in [1.165, 1.54) is 0 Å². The molecule has 0 aliphatic heterocycles. The molecule has 0 aliphatic rings. The second-order valence-electron chi connectivity index (χ2n) is 5.14. The van der Waals surface area contributed by atoms with Crippen molar-refractivity contribution in [1.82, 2.24) is 9.38 Å². The number of rotatable bonds is 4. The van der Waals surface area contributed by atoms with Crippen molar-refractivity contribution < 1.29 is 4.74 Å². The summed E-state index contributed by atoms with van der Waals surface area (Å²) < 4.78 is 7.95. The molecule has 110 valence electrons. The molecule has 21 heavy (non-hydrogen) atoms. The highest BCUT2D eigenvalue weighted by atomic mass is 35.5. The van der Waals surface area contributed by atoms with Gasteiger partial charge in [-0.15, -0.1) is 11.3 Å². The molecular formula is C15H16ClN3OS. The smallest absolute Gasteiger partial charge is 0.242 e. The lowest BCUT2D eigenvalue weighted by Gasteiger charge is -2.09. The number of nitrogens with zero attached hydrogens (tertiary/aromatic N) is 2. The van der Waals surface area contributed by atoms with E-state index in [0.29, 0.717) is 23.1 Å². The highest BCUT2D eigenvalue weighted by molar-refractivity contribution is 7.15. The Bertz CT molecular complexity index is 778. The van der Waals surface area contributed by atoms with Crippen LogP contribution >= 0.6 is 22.9 Å². The third-order valence-electron chi connectivity index (χ3n) is 3.13. The van der Waals surface area contributed by atoms with Crippen LogP contribution in [0.2, 0.25) is 5.02 Å². The largest absolute Gasteiger partial charge is 0.436 e. The van der Waals surface area contributed by atoms with Crippen LogP contribution in [-0.2, 0) is 6.42 Å². The summed E-state index contributed by atoms with van der Waals surface area (Å²) in [6.07, 6.45) is 2.67. The van der Waals surface area contributed by atoms with Crippen molar-refractivity contribution in [2.24, 2.45) is 5.73 Å². The average Bonchev–Trinajstić information content (AvgIpc) is 2.96. The first kappa shape index (κ1) is 14.4. The van der Waals surface area contributed by atoms with Crippen molar-refractivity contribution in [3.63, 3.8) is 0 Å². The van der Waals surface area contributed by atoms with Gasteiger partial charge in [-0.1, -0.05) is 17.7 Å². The molecule has 4 nitrogen and oxygen atoms in total. The number of imidazole rings is 1. The molecular weight excluding hydrogens is 306 g/mol. The van der Waals surface area contributed by atoms with Crippen molar-refractivity contribution in [2.75, 3.05) is 0 Å². The molecule has 6 heteroatoms. The van der Waals surface area contributed by atoms with Gasteiger partial charge in [0, 0.05) is 24.0 Å². The molecule has 1 atom stereocenters. The normalized spacial score (nSPS) is 12.8. The number of aryl methyl sites for hydroxylation is 1. The summed E-state index contributed by atoms with van der Waals surface area (Å²) in [5.41, 5.74) is 8.00. The molecule has 0 bridgehead atoms. The highest BCUT2D eigenvalue weighted by Crippen LogP contribution is 2.33. The van der Waals surface area contributed by atoms with Gasteiger partial charge in [0.25, 0.3) is 0 Å². The molecule has 2 N–H and O–H groups in total. The highest BCUT2D eigenvalue weighted by Gasteiger charge is 2.17. The van der Waals surface area contributed by atoms with Crippen LogP contribution in [0.1, 0.15) is 18.2 Å². The lowest BCUT2D eigenvalue weighted by molar-refractivity contribution is 0.457. The predicted molar refractivity (Wildman–Crippen MR) is 86.7 cm³/mol. The fraction of sp³-hybridized carbons (Fsp3) is 0.267. The summed E-state index contributed by atoms with van der Waals surface area (Å²) in [6, 6.07) is 5.73. The summed E-state index contributed by atoms with van der Waals surface area (Å²) >= 11 is 7.79. The molecule has 3 rings (SSSR count). The van der Waals surface area contributed by atoms with Gasteiger partial charge < -0.3 is 10.5 Å². The van der Waals surface area contributed by atoms with Crippen LogP contribution in [0.3, 0.4) is 0 Å². The van der Waals surface area contributed by atoms with Gasteiger partial charge in [-0.25, -0.2) is 0 Å². The number of benzene rings is 1. The Kier molecular flexibility index (Phi) is 3.89. The van der Waals surface area contributed by atoms with E-state index in [1.807, 2.05) is 48.0 Å². The van der Waals surface area contributed by atoms with Gasteiger partial charge in [-0.05, 0) is 31.5 Å². The van der Waals surface area contributed by atoms with Crippen LogP contribution in [0.5, 0.6) is 11.6 Å². The van der Waals surface area contributed by atoms with Crippen molar-refractivity contribution in [2.45, 2.75) is 26.3 Å². The van der Waals surface area contributed by atoms with E-state index in [1.54, 1.807) is 11.3 Å². The van der Waals surface area contributed by atoms with E-state index in [2.05, 4.69) is 4.98 Å². The van der Waals surface area contributed by atoms with E-state index in [-0.39, 0.29) is 6.04 Å². The Hall–Kier alpha value is -1.56. The van der Waals surface area contributed by atoms with E-state index in [0.717, 1.165) is 16.2 Å². The minimum Gasteiger partial charge on any atom is -0.436 e. The molecule has 0 amide bonds. The number of hydrogen-bond donors (Lipinski definition) is 1. The van der Waals surface area contributed by atoms with Crippen molar-refractivity contribution in [1.29, 1.82) is 0 Å². The fourth-order valence-corrected chi connectivity index (χ4v) is 3.18. The van der Waals surface area contributed by atoms with Crippen LogP contribution in [0, 0.1) is 6.92 Å². The first-order valence-corrected chi connectivity index (χ1v) is 7.94. The first-order valence-electron chi connectivity index (χ1n) is 6.68. The fourth-order valence-electron chi connectivity index (χ4n) is 2.18. The van der Waals surface area contributed by atoms with Gasteiger partial charge in [-0.2, -0.15) is 4.98 Å². The minimum absolute atomic E-state index is 0.0284. The van der Waals surface area contributed by atoms with Gasteiger partial charge >= 0.3 is 0 Å². The number of aromatic nitrogens is 2. The Morgan fingerprint density at radius 3 is 3.00 bits per heavy atom. The van der Waals surface area contributed by atoms with Crippen LogP contribution < -0.4 is 10.5 Å². The Labute approximate surface area is 132 Å². The monoisotopic (exact) mass is 321 g/mol. The first-order chi connectivity index (χ1) is 10.0. The van der Waals surface area contributed by atoms with Crippen LogP contribution in [0.25, 0.3) is 4.96 Å². The molecule has 0 saturated heterocycles. The summed E-state index contributed by atoms with van der Waals surface area (Å²) in [6.45, 7) is 3.96. The standard InChI is InChI=1S/C15H16ClN3OS/c1-9-3-4-13(11(16)7-9)20-14-12(8-10(2)17)19-5-6-21-15(19)18-14/h3-7,10H,8,17H2,1-2H3. The van der Waals surface area contributed by atoms with Crippen LogP contribution in [0.15, 0.2) is 29.8 Å². The molecule has 0 spiro atoms. The average molecular weight is 322 g/mol. The number of hydrogen-bond acceptors (Lipinski definition) is 4. The number of thiazole rings is 1. The SMILES string of the molecule is Cc1ccc(Oc2nc3sccn3c2CC(C)N)c(Cl)c1. The number of halogens is 1. The summed E-state index contributed by atoms with van der Waals surface area (Å²) in [4.78, 5) is 5.42. The van der Waals surface area contributed by atoms with E-state index < -0.39 is 0 Å². The van der Waals surface area contributed by atoms with Crippen molar-refractivity contribution >= 4 is 27.9 Å². The molecule has 2 aromatic heterocycles. The molecule has 2 heterocycles. The van der Waals surface area contributed by atoms with Gasteiger partial charge in [0.2, 0.25) is 5.88 Å². The summed E-state index contributed by atoms with van der Waals surface area (Å²) in [7, 11) is 0. The zero-order valence-corrected chi connectivity index (χ0v) is 13.4. The van der Waals surface area contributed by atoms with Gasteiger partial charge in [0.15, 0.2) is 4.96 Å². The second-order valence-corrected chi connectivity index (χ2v) is 6.42. The third kappa shape index (κ3) is 2.90. The lowest BCUT2D eigenvalue weighted by atomic mass is 10.2. The maximum atomic E-state index is 6.23. The van der Waals surface area contributed by atoms with E-state index in [4.69, 9.17) is 22.1 Å². The van der Waals surface area contributed by atoms with Crippen LogP contribution in [-0.4, -0.2) is 15.4 Å². The Morgan fingerprint density at radius 2 is 2.29 bits per heavy atom. The Morgan fingerprint density at radius 1 is 1.48 bits per heavy atom. The topological polar surface area (TPSA) is 52.5 Å². The molecule has 1 aromatic carbocycles. The maximum Gasteiger partial charge on any atom is 0.242 e. The summed E-state index contributed by atoms with van der Waals surface area (Å²) in [5, 5.41) is 2.58. The van der Waals surface area contributed by atoms with E-state index >= 15 is 0 Å². The lowest BCUT2D eigenvalue weighted by Crippen LogP contribution is -2.19. The van der Waals surface area contributed by atoms with Gasteiger partial charge in [0.1, 0.15) is 5.75 Å². The second kappa shape index (κ2) is 5.67. The Balaban J connectivity index is 2.01. The molecule has 0 fully saturated rings. The van der Waals surface area contributed by atoms with E-state index in [9.17, 15) is 0 Å². The quantitative estimate of drug-likeness (QED) is 0.789. The molecule has 1 unspecified atom stereocenters. The number of ether oxygens (including phenoxy) is 1. The van der Waals surface area contributed by atoms with Gasteiger partial charge in [0.05, 0.1) is 10.7 Å². The summed E-state index contributed by atoms with van der Waals surface area (Å²) in [5.74, 6) is 1.18. The predicted octanol–water partition coefficient (Wildman–Crippen LogP) is 4.04. The number of nitrogens with two attached hydrogens (primary N) is 1. The van der Waals surface area contributed by atoms with Gasteiger partial charge in [-0.3, -0.25) is 4.40 Å². The molecule has 0 radical (unpaired) electrons. The molecule has 0 saturated carbocycles.